The molecule has 0 saturated carbocycles. The summed E-state index contributed by atoms with van der Waals surface area (Å²) in [4.78, 5) is 7.85. The average Bonchev–Trinajstić information content (AvgIpc) is 2.76. The second kappa shape index (κ2) is 3.34. The highest BCUT2D eigenvalue weighted by molar-refractivity contribution is 5.38. The number of anilines is 1. The zero-order valence-electron chi connectivity index (χ0n) is 8.38. The van der Waals surface area contributed by atoms with Crippen LogP contribution in [0.25, 0.3) is 0 Å². The van der Waals surface area contributed by atoms with Crippen molar-refractivity contribution in [1.29, 1.82) is 5.41 Å². The lowest BCUT2D eigenvalue weighted by atomic mass is 10.2. The number of hydrogen-bond acceptors (Lipinski definition) is 5. The molecule has 1 atom stereocenters. The van der Waals surface area contributed by atoms with Gasteiger partial charge in [0.2, 0.25) is 11.6 Å². The quantitative estimate of drug-likeness (QED) is 0.643. The Morgan fingerprint density at radius 1 is 1.19 bits per heavy atom. The molecule has 16 heavy (non-hydrogen) atoms. The third kappa shape index (κ3) is 1.31. The molecule has 3 rings (SSSR count). The van der Waals surface area contributed by atoms with Gasteiger partial charge in [0.25, 0.3) is 0 Å². The maximum Gasteiger partial charge on any atom is 0.245 e. The van der Waals surface area contributed by atoms with Gasteiger partial charge in [0, 0.05) is 0 Å². The Bertz CT molecular complexity index is 561. The van der Waals surface area contributed by atoms with Crippen LogP contribution in [-0.4, -0.2) is 14.6 Å². The molecule has 80 valence electrons. The van der Waals surface area contributed by atoms with E-state index in [1.807, 2.05) is 30.3 Å². The Kier molecular flexibility index (Phi) is 1.86. The van der Waals surface area contributed by atoms with E-state index in [2.05, 4.69) is 20.7 Å². The number of nitrogens with zero attached hydrogens (tertiary/aromatic N) is 3. The molecule has 0 spiro atoms. The van der Waals surface area contributed by atoms with Crippen LogP contribution in [-0.2, 0) is 0 Å². The third-order valence-electron chi connectivity index (χ3n) is 2.45. The molecule has 2 aromatic rings. The SMILES string of the molecule is N=c1ncnc2n1NC(c1ccccc1)N2. The van der Waals surface area contributed by atoms with Crippen LogP contribution in [0.5, 0.6) is 0 Å². The number of hydrogen-bond donors (Lipinski definition) is 3. The first-order chi connectivity index (χ1) is 7.84. The second-order valence-corrected chi connectivity index (χ2v) is 3.47. The molecule has 0 aliphatic carbocycles. The Balaban J connectivity index is 1.97. The van der Waals surface area contributed by atoms with Crippen molar-refractivity contribution in [3.05, 3.63) is 47.8 Å². The molecule has 0 fully saturated rings. The molecule has 2 heterocycles. The zero-order chi connectivity index (χ0) is 11.0. The van der Waals surface area contributed by atoms with Crippen LogP contribution in [0.3, 0.4) is 0 Å². The van der Waals surface area contributed by atoms with Crippen molar-refractivity contribution in [3.8, 4) is 0 Å². The fourth-order valence-electron chi connectivity index (χ4n) is 1.67. The molecule has 3 N–H and O–H groups in total. The fourth-order valence-corrected chi connectivity index (χ4v) is 1.67. The highest BCUT2D eigenvalue weighted by Crippen LogP contribution is 2.20. The van der Waals surface area contributed by atoms with Crippen LogP contribution >= 0.6 is 0 Å². The lowest BCUT2D eigenvalue weighted by molar-refractivity contribution is 0.739. The van der Waals surface area contributed by atoms with E-state index in [-0.39, 0.29) is 11.8 Å². The summed E-state index contributed by atoms with van der Waals surface area (Å²) < 4.78 is 1.53. The topological polar surface area (TPSA) is 78.6 Å². The van der Waals surface area contributed by atoms with E-state index in [4.69, 9.17) is 5.41 Å². The summed E-state index contributed by atoms with van der Waals surface area (Å²) in [6.45, 7) is 0. The van der Waals surface area contributed by atoms with E-state index in [1.165, 1.54) is 11.0 Å². The summed E-state index contributed by atoms with van der Waals surface area (Å²) in [6.07, 6.45) is 1.30. The number of nitrogens with one attached hydrogen (secondary N) is 3. The molecule has 0 bridgehead atoms. The van der Waals surface area contributed by atoms with Crippen molar-refractivity contribution in [2.45, 2.75) is 6.17 Å². The van der Waals surface area contributed by atoms with Gasteiger partial charge < -0.3 is 5.32 Å². The van der Waals surface area contributed by atoms with E-state index >= 15 is 0 Å². The minimum Gasteiger partial charge on any atom is -0.329 e. The average molecular weight is 214 g/mol. The summed E-state index contributed by atoms with van der Waals surface area (Å²) in [6, 6.07) is 9.93. The fraction of sp³-hybridized carbons (Fsp3) is 0.100. The standard InChI is InChI=1S/C10H10N6/c11-9-12-6-13-10-14-8(15-16(9)10)7-4-2-1-3-5-7/h1-6,8,15H,(H2,11,12,13,14). The van der Waals surface area contributed by atoms with E-state index in [0.717, 1.165) is 5.56 Å². The Morgan fingerprint density at radius 2 is 2.00 bits per heavy atom. The molecule has 1 aliphatic rings. The third-order valence-corrected chi connectivity index (χ3v) is 2.45. The van der Waals surface area contributed by atoms with Gasteiger partial charge in [-0.3, -0.25) is 10.8 Å². The molecular formula is C10H10N6. The maximum atomic E-state index is 7.61. The summed E-state index contributed by atoms with van der Waals surface area (Å²) in [5, 5.41) is 10.8. The van der Waals surface area contributed by atoms with Gasteiger partial charge in [-0.2, -0.15) is 9.66 Å². The smallest absolute Gasteiger partial charge is 0.245 e. The summed E-state index contributed by atoms with van der Waals surface area (Å²) >= 11 is 0. The molecule has 1 aromatic heterocycles. The van der Waals surface area contributed by atoms with E-state index in [0.29, 0.717) is 5.95 Å². The molecule has 1 aromatic carbocycles. The summed E-state index contributed by atoms with van der Waals surface area (Å²) in [5.74, 6) is 0.605. The van der Waals surface area contributed by atoms with Crippen LogP contribution in [0.2, 0.25) is 0 Å². The molecule has 6 heteroatoms. The van der Waals surface area contributed by atoms with Gasteiger partial charge in [-0.1, -0.05) is 30.3 Å². The first-order valence-corrected chi connectivity index (χ1v) is 4.91. The van der Waals surface area contributed by atoms with Gasteiger partial charge in [-0.15, -0.1) is 0 Å². The van der Waals surface area contributed by atoms with Crippen LogP contribution in [0.1, 0.15) is 11.7 Å². The van der Waals surface area contributed by atoms with Crippen molar-refractivity contribution in [2.24, 2.45) is 0 Å². The minimum absolute atomic E-state index is 0.0676. The summed E-state index contributed by atoms with van der Waals surface area (Å²) in [7, 11) is 0. The van der Waals surface area contributed by atoms with Crippen LogP contribution in [0.15, 0.2) is 36.7 Å². The Labute approximate surface area is 91.5 Å². The minimum atomic E-state index is -0.0676. The van der Waals surface area contributed by atoms with Gasteiger partial charge in [-0.25, -0.2) is 4.98 Å². The largest absolute Gasteiger partial charge is 0.329 e. The van der Waals surface area contributed by atoms with Gasteiger partial charge in [-0.05, 0) is 5.56 Å². The number of rotatable bonds is 1. The van der Waals surface area contributed by atoms with Crippen LogP contribution < -0.4 is 16.4 Å². The Hall–Kier alpha value is -2.37. The molecule has 0 saturated heterocycles. The van der Waals surface area contributed by atoms with Gasteiger partial charge in [0.05, 0.1) is 0 Å². The zero-order valence-corrected chi connectivity index (χ0v) is 8.38. The van der Waals surface area contributed by atoms with Crippen molar-refractivity contribution in [3.63, 3.8) is 0 Å². The lowest BCUT2D eigenvalue weighted by Crippen LogP contribution is -2.28. The maximum absolute atomic E-state index is 7.61. The molecule has 1 aliphatic heterocycles. The Morgan fingerprint density at radius 3 is 2.75 bits per heavy atom. The monoisotopic (exact) mass is 214 g/mol. The number of aromatic nitrogens is 3. The number of benzene rings is 1. The van der Waals surface area contributed by atoms with Crippen molar-refractivity contribution in [2.75, 3.05) is 10.7 Å². The van der Waals surface area contributed by atoms with Gasteiger partial charge >= 0.3 is 0 Å². The highest BCUT2D eigenvalue weighted by atomic mass is 15.6. The predicted molar refractivity (Wildman–Crippen MR) is 58.0 cm³/mol. The van der Waals surface area contributed by atoms with Gasteiger partial charge in [0.15, 0.2) is 0 Å². The normalized spacial score (nSPS) is 17.4. The first-order valence-electron chi connectivity index (χ1n) is 4.91. The first kappa shape index (κ1) is 8.90. The molecule has 1 unspecified atom stereocenters. The van der Waals surface area contributed by atoms with Crippen LogP contribution in [0.4, 0.5) is 5.95 Å². The van der Waals surface area contributed by atoms with Crippen molar-refractivity contribution >= 4 is 5.95 Å². The molecular weight excluding hydrogens is 204 g/mol. The lowest BCUT2D eigenvalue weighted by Gasteiger charge is -2.10. The van der Waals surface area contributed by atoms with Gasteiger partial charge in [0.1, 0.15) is 12.5 Å². The van der Waals surface area contributed by atoms with Crippen LogP contribution in [0, 0.1) is 5.41 Å². The van der Waals surface area contributed by atoms with E-state index < -0.39 is 0 Å². The molecule has 0 radical (unpaired) electrons. The molecule has 6 nitrogen and oxygen atoms in total. The summed E-state index contributed by atoms with van der Waals surface area (Å²) in [5.41, 5.74) is 4.34. The highest BCUT2D eigenvalue weighted by Gasteiger charge is 2.21. The second-order valence-electron chi connectivity index (χ2n) is 3.47. The molecule has 0 amide bonds. The number of fused-ring (bicyclic) bond motifs is 1. The van der Waals surface area contributed by atoms with Crippen molar-refractivity contribution < 1.29 is 0 Å². The van der Waals surface area contributed by atoms with Crippen molar-refractivity contribution in [1.82, 2.24) is 14.6 Å². The van der Waals surface area contributed by atoms with E-state index in [1.54, 1.807) is 0 Å². The van der Waals surface area contributed by atoms with E-state index in [9.17, 15) is 0 Å². The predicted octanol–water partition coefficient (Wildman–Crippen LogP) is 0.425.